The third-order valence-corrected chi connectivity index (χ3v) is 4.44. The molecule has 0 radical (unpaired) electrons. The number of Topliss-reactive ketones (excluding diaryl/α,β-unsaturated/α-hetero) is 1. The minimum absolute atomic E-state index is 0. The Morgan fingerprint density at radius 3 is 2.57 bits per heavy atom. The van der Waals surface area contributed by atoms with E-state index in [1.54, 1.807) is 0 Å². The van der Waals surface area contributed by atoms with Crippen LogP contribution in [0.25, 0.3) is 0 Å². The van der Waals surface area contributed by atoms with Crippen molar-refractivity contribution < 1.29 is 33.6 Å². The molecule has 0 bridgehead atoms. The lowest BCUT2D eigenvalue weighted by Gasteiger charge is -2.29. The topological polar surface area (TPSA) is 58.5 Å². The van der Waals surface area contributed by atoms with Crippen molar-refractivity contribution in [1.82, 2.24) is 5.43 Å². The zero-order valence-corrected chi connectivity index (χ0v) is 15.7. The molecule has 0 spiro atoms. The molecular formula is C18H22IN2O2-. The highest BCUT2D eigenvalue weighted by molar-refractivity contribution is 6.05. The van der Waals surface area contributed by atoms with Crippen molar-refractivity contribution in [2.45, 2.75) is 45.4 Å². The van der Waals surface area contributed by atoms with Gasteiger partial charge in [-0.05, 0) is 29.7 Å². The molecule has 1 aromatic rings. The van der Waals surface area contributed by atoms with E-state index in [1.807, 2.05) is 18.2 Å². The quantitative estimate of drug-likeness (QED) is 0.550. The molecule has 1 aromatic carbocycles. The molecule has 5 heteroatoms. The molecule has 2 aliphatic rings. The van der Waals surface area contributed by atoms with E-state index in [2.05, 4.69) is 36.5 Å². The first kappa shape index (κ1) is 18.1. The smallest absolute Gasteiger partial charge is 0.243 e. The van der Waals surface area contributed by atoms with Crippen LogP contribution in [0.5, 0.6) is 0 Å². The minimum Gasteiger partial charge on any atom is -1.00 e. The molecule has 3 rings (SSSR count). The molecule has 0 heterocycles. The number of amides is 1. The van der Waals surface area contributed by atoms with Gasteiger partial charge < -0.3 is 24.0 Å². The van der Waals surface area contributed by atoms with Crippen molar-refractivity contribution in [1.29, 1.82) is 0 Å². The molecule has 0 aliphatic heterocycles. The lowest BCUT2D eigenvalue weighted by molar-refractivity contribution is -0.123. The third kappa shape index (κ3) is 4.62. The van der Waals surface area contributed by atoms with Gasteiger partial charge in [0.05, 0.1) is 0 Å². The lowest BCUT2D eigenvalue weighted by atomic mass is 9.76. The number of ketones is 1. The molecule has 2 aliphatic carbocycles. The fourth-order valence-electron chi connectivity index (χ4n) is 3.35. The second-order valence-electron chi connectivity index (χ2n) is 7.25. The molecule has 2 saturated carbocycles. The third-order valence-electron chi connectivity index (χ3n) is 4.44. The molecule has 124 valence electrons. The minimum atomic E-state index is -0.0505. The predicted molar refractivity (Wildman–Crippen MR) is 85.5 cm³/mol. The predicted octanol–water partition coefficient (Wildman–Crippen LogP) is 0.0455. The van der Waals surface area contributed by atoms with Crippen LogP contribution in [0.4, 0.5) is 0 Å². The zero-order chi connectivity index (χ0) is 15.7. The van der Waals surface area contributed by atoms with Crippen LogP contribution in [-0.2, 0) is 9.59 Å². The standard InChI is InChI=1S/C18H22N2O2.HI/c1-18(2)10-13(8-14(21)11-18)19-20-17(22)16-9-15(16)12-6-4-3-5-7-12;/h3-7,15-16H,8-11H2,1-2H3,(H,20,22);1H/p-1. The number of nitrogens with one attached hydrogen (secondary N) is 1. The summed E-state index contributed by atoms with van der Waals surface area (Å²) in [7, 11) is 0. The number of hydrogen-bond donors (Lipinski definition) is 1. The van der Waals surface area contributed by atoms with Crippen molar-refractivity contribution in [3.05, 3.63) is 35.9 Å². The molecule has 2 fully saturated rings. The first-order chi connectivity index (χ1) is 10.4. The van der Waals surface area contributed by atoms with Crippen LogP contribution in [0.2, 0.25) is 0 Å². The number of halogens is 1. The van der Waals surface area contributed by atoms with Crippen molar-refractivity contribution in [3.63, 3.8) is 0 Å². The van der Waals surface area contributed by atoms with Gasteiger partial charge >= 0.3 is 0 Å². The van der Waals surface area contributed by atoms with Gasteiger partial charge in [0.2, 0.25) is 5.91 Å². The van der Waals surface area contributed by atoms with E-state index < -0.39 is 0 Å². The number of hydrazone groups is 1. The molecule has 2 unspecified atom stereocenters. The summed E-state index contributed by atoms with van der Waals surface area (Å²) >= 11 is 0. The first-order valence-electron chi connectivity index (χ1n) is 7.86. The Morgan fingerprint density at radius 1 is 1.22 bits per heavy atom. The number of nitrogens with zero attached hydrogens (tertiary/aromatic N) is 1. The van der Waals surface area contributed by atoms with E-state index in [0.29, 0.717) is 18.8 Å². The molecular weight excluding hydrogens is 403 g/mol. The summed E-state index contributed by atoms with van der Waals surface area (Å²) in [4.78, 5) is 23.9. The maximum atomic E-state index is 12.2. The Labute approximate surface area is 154 Å². The number of carbonyl (C=O) groups is 2. The van der Waals surface area contributed by atoms with Gasteiger partial charge in [-0.2, -0.15) is 5.10 Å². The van der Waals surface area contributed by atoms with E-state index in [4.69, 9.17) is 0 Å². The number of hydrogen-bond acceptors (Lipinski definition) is 3. The van der Waals surface area contributed by atoms with E-state index in [-0.39, 0.29) is 47.0 Å². The van der Waals surface area contributed by atoms with Gasteiger partial charge in [0, 0.05) is 24.5 Å². The summed E-state index contributed by atoms with van der Waals surface area (Å²) in [6, 6.07) is 10.1. The number of rotatable bonds is 3. The average Bonchev–Trinajstić information content (AvgIpc) is 3.24. The molecule has 2 atom stereocenters. The van der Waals surface area contributed by atoms with E-state index in [1.165, 1.54) is 5.56 Å². The van der Waals surface area contributed by atoms with E-state index in [9.17, 15) is 9.59 Å². The Morgan fingerprint density at radius 2 is 1.91 bits per heavy atom. The van der Waals surface area contributed by atoms with Gasteiger partial charge in [-0.15, -0.1) is 0 Å². The van der Waals surface area contributed by atoms with E-state index in [0.717, 1.165) is 18.6 Å². The van der Waals surface area contributed by atoms with Gasteiger partial charge in [0.25, 0.3) is 0 Å². The van der Waals surface area contributed by atoms with Crippen LogP contribution < -0.4 is 29.4 Å². The van der Waals surface area contributed by atoms with Crippen LogP contribution in [-0.4, -0.2) is 17.4 Å². The SMILES string of the molecule is CC1(C)CC(=O)CC(=NNC(=O)C2CC2c2ccccc2)C1.[I-]. The van der Waals surface area contributed by atoms with Crippen LogP contribution in [0.1, 0.15) is 51.0 Å². The molecule has 1 N–H and O–H groups in total. The highest BCUT2D eigenvalue weighted by Crippen LogP contribution is 2.47. The molecule has 0 saturated heterocycles. The average molecular weight is 425 g/mol. The van der Waals surface area contributed by atoms with Crippen LogP contribution in [0.3, 0.4) is 0 Å². The van der Waals surface area contributed by atoms with Crippen molar-refractivity contribution in [2.24, 2.45) is 16.4 Å². The Kier molecular flexibility index (Phi) is 5.60. The van der Waals surface area contributed by atoms with Crippen LogP contribution >= 0.6 is 0 Å². The molecule has 4 nitrogen and oxygen atoms in total. The van der Waals surface area contributed by atoms with Crippen LogP contribution in [0.15, 0.2) is 35.4 Å². The zero-order valence-electron chi connectivity index (χ0n) is 13.5. The summed E-state index contributed by atoms with van der Waals surface area (Å²) in [6.07, 6.45) is 2.62. The second kappa shape index (κ2) is 7.11. The second-order valence-corrected chi connectivity index (χ2v) is 7.25. The van der Waals surface area contributed by atoms with Crippen LogP contribution in [0, 0.1) is 11.3 Å². The van der Waals surface area contributed by atoms with Gasteiger partial charge in [-0.25, -0.2) is 5.43 Å². The monoisotopic (exact) mass is 425 g/mol. The fourth-order valence-corrected chi connectivity index (χ4v) is 3.35. The molecule has 0 aromatic heterocycles. The van der Waals surface area contributed by atoms with Gasteiger partial charge in [-0.1, -0.05) is 44.2 Å². The van der Waals surface area contributed by atoms with Gasteiger partial charge in [0.1, 0.15) is 5.78 Å². The largest absolute Gasteiger partial charge is 1.00 e. The van der Waals surface area contributed by atoms with Crippen molar-refractivity contribution in [3.8, 4) is 0 Å². The van der Waals surface area contributed by atoms with E-state index >= 15 is 0 Å². The molecule has 23 heavy (non-hydrogen) atoms. The summed E-state index contributed by atoms with van der Waals surface area (Å²) < 4.78 is 0. The maximum absolute atomic E-state index is 12.2. The maximum Gasteiger partial charge on any atom is 0.243 e. The summed E-state index contributed by atoms with van der Waals surface area (Å²) in [5, 5.41) is 4.21. The summed E-state index contributed by atoms with van der Waals surface area (Å²) in [5.41, 5.74) is 4.63. The number of carbonyl (C=O) groups excluding carboxylic acids is 2. The highest BCUT2D eigenvalue weighted by atomic mass is 127. The Hall–Kier alpha value is -1.24. The Bertz CT molecular complexity index is 625. The fraction of sp³-hybridized carbons (Fsp3) is 0.500. The summed E-state index contributed by atoms with van der Waals surface area (Å²) in [6.45, 7) is 4.13. The first-order valence-corrected chi connectivity index (χ1v) is 7.86. The van der Waals surface area contributed by atoms with Gasteiger partial charge in [-0.3, -0.25) is 9.59 Å². The highest BCUT2D eigenvalue weighted by Gasteiger charge is 2.44. The normalized spacial score (nSPS) is 27.2. The Balaban J connectivity index is 0.00000192. The lowest BCUT2D eigenvalue weighted by Crippen LogP contribution is -3.00. The van der Waals surface area contributed by atoms with Crippen molar-refractivity contribution >= 4 is 17.4 Å². The number of benzene rings is 1. The van der Waals surface area contributed by atoms with Crippen molar-refractivity contribution in [2.75, 3.05) is 0 Å². The van der Waals surface area contributed by atoms with Gasteiger partial charge in [0.15, 0.2) is 0 Å². The summed E-state index contributed by atoms with van der Waals surface area (Å²) in [5.74, 6) is 0.500. The molecule has 1 amide bonds.